The molecule has 2 aliphatic carbocycles. The number of aryl methyl sites for hydroxylation is 2. The smallest absolute Gasteiger partial charge is 0.0713 e. The minimum absolute atomic E-state index is 0.487. The van der Waals surface area contributed by atoms with E-state index < -0.39 is 5.41 Å². The molecule has 176 valence electrons. The van der Waals surface area contributed by atoms with Crippen molar-refractivity contribution in [2.24, 2.45) is 0 Å². The third-order valence-corrected chi connectivity index (χ3v) is 8.33. The van der Waals surface area contributed by atoms with E-state index in [1.54, 1.807) is 0 Å². The van der Waals surface area contributed by atoms with Crippen molar-refractivity contribution in [3.8, 4) is 22.3 Å². The second-order valence-electron chi connectivity index (χ2n) is 10.3. The van der Waals surface area contributed by atoms with Gasteiger partial charge >= 0.3 is 0 Å². The van der Waals surface area contributed by atoms with Crippen LogP contribution in [0.2, 0.25) is 0 Å². The normalized spacial score (nSPS) is 19.1. The van der Waals surface area contributed by atoms with E-state index in [-0.39, 0.29) is 0 Å². The number of allylic oxidation sites excluding steroid dienone is 4. The predicted octanol–water partition coefficient (Wildman–Crippen LogP) is 9.58. The van der Waals surface area contributed by atoms with Crippen LogP contribution in [-0.4, -0.2) is 0 Å². The van der Waals surface area contributed by atoms with E-state index in [0.717, 1.165) is 5.57 Å². The highest BCUT2D eigenvalue weighted by Crippen LogP contribution is 2.57. The summed E-state index contributed by atoms with van der Waals surface area (Å²) < 4.78 is 0. The molecule has 0 heterocycles. The molecule has 0 fully saturated rings. The van der Waals surface area contributed by atoms with Crippen molar-refractivity contribution in [1.82, 2.24) is 0 Å². The second kappa shape index (κ2) is 8.05. The fourth-order valence-electron chi connectivity index (χ4n) is 6.80. The maximum Gasteiger partial charge on any atom is 0.0713 e. The quantitative estimate of drug-likeness (QED) is 0.228. The van der Waals surface area contributed by atoms with Crippen LogP contribution < -0.4 is 0 Å². The van der Waals surface area contributed by atoms with Gasteiger partial charge in [0.15, 0.2) is 0 Å². The zero-order valence-electron chi connectivity index (χ0n) is 21.3. The Morgan fingerprint density at radius 3 is 2.08 bits per heavy atom. The summed E-state index contributed by atoms with van der Waals surface area (Å²) in [6.45, 7) is 9.21. The van der Waals surface area contributed by atoms with Crippen LogP contribution >= 0.6 is 0 Å². The minimum Gasteiger partial charge on any atom is -0.0942 e. The molecule has 1 unspecified atom stereocenters. The molecule has 5 aromatic rings. The fourth-order valence-corrected chi connectivity index (χ4v) is 6.80. The number of benzene rings is 5. The largest absolute Gasteiger partial charge is 0.0942 e. The van der Waals surface area contributed by atoms with Crippen LogP contribution in [0.15, 0.2) is 127 Å². The van der Waals surface area contributed by atoms with Crippen molar-refractivity contribution in [3.63, 3.8) is 0 Å². The van der Waals surface area contributed by atoms with E-state index >= 15 is 0 Å². The molecule has 0 radical (unpaired) electrons. The molecule has 0 heteroatoms. The Morgan fingerprint density at radius 2 is 1.24 bits per heavy atom. The standard InChI is InChI=1S/C37H28/c1-24-13-4-8-17-28(24)35-25(2)23-31-29-18-9-11-21-33(29)37(34-22-12-19-30(35)36(31)34)26(3)14-5-6-15-27-16-7-10-20-32(27)37/h4-23H,3H2,1-2H3/b14-5-,15-6-. The van der Waals surface area contributed by atoms with E-state index in [9.17, 15) is 0 Å². The maximum atomic E-state index is 4.74. The molecule has 0 bridgehead atoms. The molecule has 0 saturated carbocycles. The molecular weight excluding hydrogens is 444 g/mol. The van der Waals surface area contributed by atoms with E-state index in [2.05, 4.69) is 135 Å². The monoisotopic (exact) mass is 472 g/mol. The summed E-state index contributed by atoms with van der Waals surface area (Å²) >= 11 is 0. The molecule has 0 N–H and O–H groups in total. The van der Waals surface area contributed by atoms with Crippen LogP contribution in [0, 0.1) is 13.8 Å². The highest BCUT2D eigenvalue weighted by molar-refractivity contribution is 6.11. The fraction of sp³-hybridized carbons (Fsp3) is 0.0811. The van der Waals surface area contributed by atoms with Crippen LogP contribution in [0.5, 0.6) is 0 Å². The lowest BCUT2D eigenvalue weighted by atomic mass is 9.58. The Balaban J connectivity index is 1.72. The van der Waals surface area contributed by atoms with Gasteiger partial charge in [-0.25, -0.2) is 0 Å². The average molecular weight is 473 g/mol. The molecule has 2 aliphatic rings. The number of hydrogen-bond acceptors (Lipinski definition) is 0. The summed E-state index contributed by atoms with van der Waals surface area (Å²) in [5.41, 5.74) is 13.6. The molecule has 0 aromatic heterocycles. The Labute approximate surface area is 218 Å². The first-order chi connectivity index (χ1) is 18.1. The van der Waals surface area contributed by atoms with Gasteiger partial charge < -0.3 is 0 Å². The van der Waals surface area contributed by atoms with E-state index in [0.29, 0.717) is 0 Å². The number of hydrogen-bond donors (Lipinski definition) is 0. The van der Waals surface area contributed by atoms with Gasteiger partial charge in [0, 0.05) is 0 Å². The topological polar surface area (TPSA) is 0 Å². The van der Waals surface area contributed by atoms with Crippen molar-refractivity contribution in [2.75, 3.05) is 0 Å². The highest BCUT2D eigenvalue weighted by Gasteiger charge is 2.45. The molecule has 7 rings (SSSR count). The summed E-state index contributed by atoms with van der Waals surface area (Å²) in [5, 5.41) is 2.64. The Morgan fingerprint density at radius 1 is 0.568 bits per heavy atom. The zero-order chi connectivity index (χ0) is 25.1. The Bertz CT molecular complexity index is 1810. The number of rotatable bonds is 1. The van der Waals surface area contributed by atoms with E-state index in [1.165, 1.54) is 66.4 Å². The lowest BCUT2D eigenvalue weighted by molar-refractivity contribution is 0.749. The third kappa shape index (κ3) is 2.90. The third-order valence-electron chi connectivity index (χ3n) is 8.33. The first-order valence-corrected chi connectivity index (χ1v) is 13.0. The molecule has 5 aromatic carbocycles. The lowest BCUT2D eigenvalue weighted by Gasteiger charge is -2.43. The van der Waals surface area contributed by atoms with Crippen molar-refractivity contribution >= 4 is 16.8 Å². The minimum atomic E-state index is -0.487. The molecule has 1 spiro atoms. The molecule has 1 atom stereocenters. The molecule has 0 amide bonds. The van der Waals surface area contributed by atoms with Gasteiger partial charge in [-0.2, -0.15) is 0 Å². The summed E-state index contributed by atoms with van der Waals surface area (Å²) in [6.07, 6.45) is 8.68. The maximum absolute atomic E-state index is 4.74. The van der Waals surface area contributed by atoms with Crippen LogP contribution in [0.3, 0.4) is 0 Å². The molecule has 37 heavy (non-hydrogen) atoms. The summed E-state index contributed by atoms with van der Waals surface area (Å²) in [7, 11) is 0. The SMILES string of the molecule is C=C1/C=C\C=C/c2ccccc2C12c1ccccc1-c1cc(C)c(-c3ccccc3C)c3cccc2c13. The summed E-state index contributed by atoms with van der Waals surface area (Å²) in [6, 6.07) is 35.8. The first kappa shape index (κ1) is 21.8. The Hall–Kier alpha value is -4.42. The van der Waals surface area contributed by atoms with Gasteiger partial charge in [0.1, 0.15) is 0 Å². The van der Waals surface area contributed by atoms with Gasteiger partial charge in [-0.1, -0.05) is 128 Å². The van der Waals surface area contributed by atoms with Gasteiger partial charge in [0.2, 0.25) is 0 Å². The van der Waals surface area contributed by atoms with Gasteiger partial charge in [-0.3, -0.25) is 0 Å². The molecule has 0 saturated heterocycles. The van der Waals surface area contributed by atoms with Gasteiger partial charge in [0.05, 0.1) is 5.41 Å². The average Bonchev–Trinajstić information content (AvgIpc) is 2.92. The van der Waals surface area contributed by atoms with Crippen molar-refractivity contribution in [3.05, 3.63) is 161 Å². The summed E-state index contributed by atoms with van der Waals surface area (Å²) in [4.78, 5) is 0. The molecule has 0 aliphatic heterocycles. The van der Waals surface area contributed by atoms with Gasteiger partial charge in [-0.15, -0.1) is 0 Å². The number of fused-ring (bicyclic) bond motifs is 6. The zero-order valence-corrected chi connectivity index (χ0v) is 21.3. The van der Waals surface area contributed by atoms with Crippen LogP contribution in [-0.2, 0) is 5.41 Å². The highest BCUT2D eigenvalue weighted by atomic mass is 14.5. The summed E-state index contributed by atoms with van der Waals surface area (Å²) in [5.74, 6) is 0. The van der Waals surface area contributed by atoms with Gasteiger partial charge in [0.25, 0.3) is 0 Å². The molecule has 0 nitrogen and oxygen atoms in total. The van der Waals surface area contributed by atoms with Gasteiger partial charge in [-0.05, 0) is 85.8 Å². The van der Waals surface area contributed by atoms with Crippen molar-refractivity contribution in [1.29, 1.82) is 0 Å². The molecular formula is C37H28. The predicted molar refractivity (Wildman–Crippen MR) is 158 cm³/mol. The van der Waals surface area contributed by atoms with Crippen molar-refractivity contribution < 1.29 is 0 Å². The van der Waals surface area contributed by atoms with Crippen LogP contribution in [0.4, 0.5) is 0 Å². The second-order valence-corrected chi connectivity index (χ2v) is 10.3. The van der Waals surface area contributed by atoms with E-state index in [4.69, 9.17) is 6.58 Å². The van der Waals surface area contributed by atoms with E-state index in [1.807, 2.05) is 0 Å². The Kier molecular flexibility index (Phi) is 4.75. The van der Waals surface area contributed by atoms with Crippen molar-refractivity contribution in [2.45, 2.75) is 19.3 Å². The first-order valence-electron chi connectivity index (χ1n) is 13.0. The van der Waals surface area contributed by atoms with Crippen LogP contribution in [0.25, 0.3) is 39.1 Å². The lowest BCUT2D eigenvalue weighted by Crippen LogP contribution is -2.35. The van der Waals surface area contributed by atoms with Crippen LogP contribution in [0.1, 0.15) is 33.4 Å².